The molecule has 0 bridgehead atoms. The molecule has 0 radical (unpaired) electrons. The van der Waals surface area contributed by atoms with Crippen molar-refractivity contribution in [2.24, 2.45) is 0 Å². The Morgan fingerprint density at radius 2 is 1.95 bits per heavy atom. The molecule has 1 unspecified atom stereocenters. The third kappa shape index (κ3) is 3.48. The largest absolute Gasteiger partial charge is 0.383 e. The Kier molecular flexibility index (Phi) is 4.95. The van der Waals surface area contributed by atoms with E-state index in [1.807, 2.05) is 12.1 Å². The van der Waals surface area contributed by atoms with Crippen LogP contribution in [0.4, 0.5) is 11.6 Å². The van der Waals surface area contributed by atoms with Crippen LogP contribution in [-0.2, 0) is 6.42 Å². The van der Waals surface area contributed by atoms with Gasteiger partial charge in [-0.05, 0) is 31.0 Å². The lowest BCUT2D eigenvalue weighted by Crippen LogP contribution is -2.12. The highest BCUT2D eigenvalue weighted by Gasteiger charge is 2.12. The van der Waals surface area contributed by atoms with E-state index in [-0.39, 0.29) is 6.04 Å². The molecule has 1 atom stereocenters. The van der Waals surface area contributed by atoms with Crippen molar-refractivity contribution in [3.05, 3.63) is 46.2 Å². The molecule has 0 aliphatic rings. The highest BCUT2D eigenvalue weighted by Crippen LogP contribution is 2.24. The van der Waals surface area contributed by atoms with E-state index in [4.69, 9.17) is 5.73 Å². The van der Waals surface area contributed by atoms with Crippen LogP contribution in [0.3, 0.4) is 0 Å². The predicted octanol–water partition coefficient (Wildman–Crippen LogP) is 3.95. The third-order valence-electron chi connectivity index (χ3n) is 3.20. The number of hydrogen-bond acceptors (Lipinski definition) is 4. The standard InChI is InChI=1S/C15H19BrN4/c1-3-4-13-14(17)18-9-19-15(13)20-10(2)11-5-7-12(16)8-6-11/h5-10H,3-4H2,1-2H3,(H3,17,18,19,20). The fourth-order valence-electron chi connectivity index (χ4n) is 2.09. The molecular formula is C15H19BrN4. The van der Waals surface area contributed by atoms with Crippen LogP contribution in [0.25, 0.3) is 0 Å². The van der Waals surface area contributed by atoms with Gasteiger partial charge in [0.1, 0.15) is 18.0 Å². The Labute approximate surface area is 128 Å². The lowest BCUT2D eigenvalue weighted by Gasteiger charge is -2.18. The molecule has 20 heavy (non-hydrogen) atoms. The van der Waals surface area contributed by atoms with Gasteiger partial charge in [-0.2, -0.15) is 0 Å². The first-order chi connectivity index (χ1) is 9.61. The molecular weight excluding hydrogens is 316 g/mol. The fourth-order valence-corrected chi connectivity index (χ4v) is 2.35. The van der Waals surface area contributed by atoms with E-state index < -0.39 is 0 Å². The van der Waals surface area contributed by atoms with Crippen LogP contribution >= 0.6 is 15.9 Å². The van der Waals surface area contributed by atoms with Crippen LogP contribution in [0.5, 0.6) is 0 Å². The maximum absolute atomic E-state index is 5.94. The van der Waals surface area contributed by atoms with Crippen molar-refractivity contribution in [2.45, 2.75) is 32.7 Å². The zero-order valence-electron chi connectivity index (χ0n) is 11.7. The van der Waals surface area contributed by atoms with E-state index in [2.05, 4.69) is 57.2 Å². The number of hydrogen-bond donors (Lipinski definition) is 2. The molecule has 2 rings (SSSR count). The highest BCUT2D eigenvalue weighted by molar-refractivity contribution is 9.10. The maximum Gasteiger partial charge on any atom is 0.135 e. The lowest BCUT2D eigenvalue weighted by molar-refractivity contribution is 0.848. The molecule has 3 N–H and O–H groups in total. The first-order valence-electron chi connectivity index (χ1n) is 6.73. The van der Waals surface area contributed by atoms with Crippen molar-refractivity contribution in [3.8, 4) is 0 Å². The minimum Gasteiger partial charge on any atom is -0.383 e. The minimum absolute atomic E-state index is 0.160. The van der Waals surface area contributed by atoms with Crippen LogP contribution < -0.4 is 11.1 Å². The number of aromatic nitrogens is 2. The monoisotopic (exact) mass is 334 g/mol. The Morgan fingerprint density at radius 1 is 1.25 bits per heavy atom. The van der Waals surface area contributed by atoms with Gasteiger partial charge < -0.3 is 11.1 Å². The second kappa shape index (κ2) is 6.70. The topological polar surface area (TPSA) is 63.8 Å². The number of nitrogens with one attached hydrogen (secondary N) is 1. The van der Waals surface area contributed by atoms with E-state index in [0.717, 1.165) is 28.7 Å². The van der Waals surface area contributed by atoms with E-state index in [0.29, 0.717) is 5.82 Å². The van der Waals surface area contributed by atoms with Crippen LogP contribution in [0.1, 0.15) is 37.4 Å². The molecule has 0 aliphatic heterocycles. The van der Waals surface area contributed by atoms with Gasteiger partial charge in [0.25, 0.3) is 0 Å². The fraction of sp³-hybridized carbons (Fsp3) is 0.333. The summed E-state index contributed by atoms with van der Waals surface area (Å²) in [5, 5.41) is 3.43. The molecule has 0 aliphatic carbocycles. The van der Waals surface area contributed by atoms with Crippen LogP contribution in [0.2, 0.25) is 0 Å². The number of anilines is 2. The Hall–Kier alpha value is -1.62. The summed E-state index contributed by atoms with van der Waals surface area (Å²) in [5.41, 5.74) is 8.15. The van der Waals surface area contributed by atoms with Gasteiger partial charge in [0.2, 0.25) is 0 Å². The van der Waals surface area contributed by atoms with Crippen molar-refractivity contribution >= 4 is 27.6 Å². The van der Waals surface area contributed by atoms with Gasteiger partial charge in [-0.1, -0.05) is 41.4 Å². The average Bonchev–Trinajstić information content (AvgIpc) is 2.43. The van der Waals surface area contributed by atoms with Gasteiger partial charge in [-0.15, -0.1) is 0 Å². The smallest absolute Gasteiger partial charge is 0.135 e. The first kappa shape index (κ1) is 14.8. The van der Waals surface area contributed by atoms with Crippen molar-refractivity contribution < 1.29 is 0 Å². The number of nitrogens with zero attached hydrogens (tertiary/aromatic N) is 2. The first-order valence-corrected chi connectivity index (χ1v) is 7.52. The minimum atomic E-state index is 0.160. The van der Waals surface area contributed by atoms with E-state index in [9.17, 15) is 0 Å². The molecule has 5 heteroatoms. The zero-order chi connectivity index (χ0) is 14.5. The average molecular weight is 335 g/mol. The van der Waals surface area contributed by atoms with Crippen LogP contribution in [0, 0.1) is 0 Å². The molecule has 1 aromatic heterocycles. The molecule has 0 amide bonds. The number of nitrogen functional groups attached to an aromatic ring is 1. The summed E-state index contributed by atoms with van der Waals surface area (Å²) in [6.07, 6.45) is 3.39. The third-order valence-corrected chi connectivity index (χ3v) is 3.73. The van der Waals surface area contributed by atoms with Gasteiger partial charge >= 0.3 is 0 Å². The number of benzene rings is 1. The SMILES string of the molecule is CCCc1c(N)ncnc1NC(C)c1ccc(Br)cc1. The summed E-state index contributed by atoms with van der Waals surface area (Å²) in [6.45, 7) is 4.23. The zero-order valence-corrected chi connectivity index (χ0v) is 13.3. The normalized spacial score (nSPS) is 12.2. The van der Waals surface area contributed by atoms with E-state index >= 15 is 0 Å². The number of nitrogens with two attached hydrogens (primary N) is 1. The molecule has 2 aromatic rings. The summed E-state index contributed by atoms with van der Waals surface area (Å²) in [5.74, 6) is 1.39. The van der Waals surface area contributed by atoms with Crippen LogP contribution in [-0.4, -0.2) is 9.97 Å². The summed E-state index contributed by atoms with van der Waals surface area (Å²) in [7, 11) is 0. The van der Waals surface area contributed by atoms with Crippen molar-refractivity contribution in [2.75, 3.05) is 11.1 Å². The number of halogens is 1. The molecule has 106 valence electrons. The Bertz CT molecular complexity index is 569. The molecule has 0 spiro atoms. The number of rotatable bonds is 5. The molecule has 4 nitrogen and oxygen atoms in total. The van der Waals surface area contributed by atoms with Crippen LogP contribution in [0.15, 0.2) is 35.1 Å². The van der Waals surface area contributed by atoms with Crippen molar-refractivity contribution in [1.82, 2.24) is 9.97 Å². The summed E-state index contributed by atoms with van der Waals surface area (Å²) in [4.78, 5) is 8.40. The summed E-state index contributed by atoms with van der Waals surface area (Å²) >= 11 is 3.45. The highest BCUT2D eigenvalue weighted by atomic mass is 79.9. The van der Waals surface area contributed by atoms with Gasteiger partial charge in [0.05, 0.1) is 0 Å². The Morgan fingerprint density at radius 3 is 2.60 bits per heavy atom. The molecule has 0 saturated heterocycles. The summed E-state index contributed by atoms with van der Waals surface area (Å²) < 4.78 is 1.08. The van der Waals surface area contributed by atoms with E-state index in [1.165, 1.54) is 11.9 Å². The second-order valence-corrected chi connectivity index (χ2v) is 5.67. The molecule has 1 heterocycles. The molecule has 1 aromatic carbocycles. The lowest BCUT2D eigenvalue weighted by atomic mass is 10.1. The molecule has 0 fully saturated rings. The predicted molar refractivity (Wildman–Crippen MR) is 86.6 cm³/mol. The van der Waals surface area contributed by atoms with Crippen molar-refractivity contribution in [1.29, 1.82) is 0 Å². The second-order valence-electron chi connectivity index (χ2n) is 4.75. The molecule has 0 saturated carbocycles. The van der Waals surface area contributed by atoms with Crippen molar-refractivity contribution in [3.63, 3.8) is 0 Å². The maximum atomic E-state index is 5.94. The Balaban J connectivity index is 2.21. The van der Waals surface area contributed by atoms with Gasteiger partial charge in [0, 0.05) is 16.1 Å². The van der Waals surface area contributed by atoms with Gasteiger partial charge in [-0.25, -0.2) is 9.97 Å². The van der Waals surface area contributed by atoms with E-state index in [1.54, 1.807) is 0 Å². The van der Waals surface area contributed by atoms with Gasteiger partial charge in [-0.3, -0.25) is 0 Å². The summed E-state index contributed by atoms with van der Waals surface area (Å²) in [6, 6.07) is 8.41. The quantitative estimate of drug-likeness (QED) is 0.868. The van der Waals surface area contributed by atoms with Gasteiger partial charge in [0.15, 0.2) is 0 Å².